The summed E-state index contributed by atoms with van der Waals surface area (Å²) in [5, 5.41) is 0. The molecule has 0 aromatic heterocycles. The molecule has 0 saturated heterocycles. The molecular weight excluding hydrogens is 286 g/mol. The molecule has 1 rings (SSSR count). The molecule has 0 saturated carbocycles. The number of rotatable bonds is 5. The fourth-order valence-corrected chi connectivity index (χ4v) is 3.20. The van der Waals surface area contributed by atoms with E-state index in [9.17, 15) is 13.2 Å². The molecule has 6 nitrogen and oxygen atoms in total. The van der Waals surface area contributed by atoms with Crippen molar-refractivity contribution in [2.45, 2.75) is 24.3 Å². The molecule has 0 aliphatic carbocycles. The molecule has 5 N–H and O–H groups in total. The summed E-state index contributed by atoms with van der Waals surface area (Å²) >= 11 is 4.81. The lowest BCUT2D eigenvalue weighted by atomic mass is 10.1. The van der Waals surface area contributed by atoms with Crippen molar-refractivity contribution in [1.29, 1.82) is 0 Å². The second-order valence-electron chi connectivity index (χ2n) is 4.46. The normalized spacial score (nSPS) is 12.1. The van der Waals surface area contributed by atoms with E-state index in [2.05, 4.69) is 4.72 Å². The molecule has 0 aliphatic rings. The molecule has 1 aromatic carbocycles. The highest BCUT2D eigenvalue weighted by Gasteiger charge is 2.32. The van der Waals surface area contributed by atoms with Crippen LogP contribution in [0.2, 0.25) is 0 Å². The first-order valence-electron chi connectivity index (χ1n) is 5.30. The Labute approximate surface area is 117 Å². The molecule has 1 aromatic rings. The zero-order valence-electron chi connectivity index (χ0n) is 10.5. The summed E-state index contributed by atoms with van der Waals surface area (Å²) in [7, 11) is -3.96. The molecule has 0 fully saturated rings. The first kappa shape index (κ1) is 15.5. The molecule has 19 heavy (non-hydrogen) atoms. The summed E-state index contributed by atoms with van der Waals surface area (Å²) in [5.74, 6) is -0.788. The number of carbonyl (C=O) groups excluding carboxylic acids is 1. The number of thiocarbonyl (C=S) groups is 1. The van der Waals surface area contributed by atoms with Crippen LogP contribution in [0.15, 0.2) is 29.2 Å². The minimum absolute atomic E-state index is 0.0437. The molecule has 104 valence electrons. The van der Waals surface area contributed by atoms with E-state index in [4.69, 9.17) is 23.7 Å². The van der Waals surface area contributed by atoms with Crippen LogP contribution in [0.25, 0.3) is 0 Å². The molecule has 8 heteroatoms. The van der Waals surface area contributed by atoms with Crippen LogP contribution in [-0.2, 0) is 14.8 Å². The number of nitrogens with two attached hydrogens (primary N) is 2. The van der Waals surface area contributed by atoms with Gasteiger partial charge in [0.2, 0.25) is 15.9 Å². The van der Waals surface area contributed by atoms with Crippen LogP contribution in [0.4, 0.5) is 0 Å². The Hall–Kier alpha value is -1.51. The van der Waals surface area contributed by atoms with E-state index < -0.39 is 21.5 Å². The Morgan fingerprint density at radius 1 is 1.26 bits per heavy atom. The predicted molar refractivity (Wildman–Crippen MR) is 75.9 cm³/mol. The summed E-state index contributed by atoms with van der Waals surface area (Å²) < 4.78 is 26.7. The second kappa shape index (κ2) is 5.24. The van der Waals surface area contributed by atoms with Crippen LogP contribution in [0, 0.1) is 0 Å². The number of hydrogen-bond acceptors (Lipinski definition) is 4. The third-order valence-corrected chi connectivity index (χ3v) is 4.38. The standard InChI is InChI=1S/C11H15N3O3S2/c1-11(2,10(13)15)14-19(16,17)8-6-4-3-5-7(8)9(12)18/h3-6,14H,1-2H3,(H2,12,18)(H2,13,15). The van der Waals surface area contributed by atoms with Gasteiger partial charge in [-0.05, 0) is 19.9 Å². The quantitative estimate of drug-likeness (QED) is 0.655. The van der Waals surface area contributed by atoms with Gasteiger partial charge in [0, 0.05) is 5.56 Å². The fraction of sp³-hybridized carbons (Fsp3) is 0.273. The number of sulfonamides is 1. The third-order valence-electron chi connectivity index (χ3n) is 2.45. The molecule has 0 unspecified atom stereocenters. The van der Waals surface area contributed by atoms with Gasteiger partial charge in [0.1, 0.15) is 10.5 Å². The maximum Gasteiger partial charge on any atom is 0.242 e. The largest absolute Gasteiger partial charge is 0.389 e. The van der Waals surface area contributed by atoms with E-state index in [0.29, 0.717) is 0 Å². The van der Waals surface area contributed by atoms with E-state index in [1.807, 2.05) is 0 Å². The SMILES string of the molecule is CC(C)(NS(=O)(=O)c1ccccc1C(N)=S)C(N)=O. The molecule has 0 radical (unpaired) electrons. The Morgan fingerprint density at radius 3 is 2.26 bits per heavy atom. The van der Waals surface area contributed by atoms with Crippen LogP contribution in [0.3, 0.4) is 0 Å². The number of hydrogen-bond donors (Lipinski definition) is 3. The van der Waals surface area contributed by atoms with Crippen molar-refractivity contribution < 1.29 is 13.2 Å². The molecule has 0 bridgehead atoms. The topological polar surface area (TPSA) is 115 Å². The zero-order chi connectivity index (χ0) is 14.8. The summed E-state index contributed by atoms with van der Waals surface area (Å²) in [6.07, 6.45) is 0. The smallest absolute Gasteiger partial charge is 0.242 e. The highest BCUT2D eigenvalue weighted by molar-refractivity contribution is 7.89. The van der Waals surface area contributed by atoms with Crippen LogP contribution < -0.4 is 16.2 Å². The zero-order valence-corrected chi connectivity index (χ0v) is 12.1. The van der Waals surface area contributed by atoms with Gasteiger partial charge in [-0.1, -0.05) is 30.4 Å². The van der Waals surface area contributed by atoms with Crippen molar-refractivity contribution >= 4 is 33.1 Å². The van der Waals surface area contributed by atoms with Crippen molar-refractivity contribution in [3.8, 4) is 0 Å². The Balaban J connectivity index is 3.30. The first-order chi connectivity index (χ1) is 8.58. The van der Waals surface area contributed by atoms with Gasteiger partial charge in [0.25, 0.3) is 0 Å². The molecule has 0 heterocycles. The number of primary amides is 1. The lowest BCUT2D eigenvalue weighted by molar-refractivity contribution is -0.122. The minimum Gasteiger partial charge on any atom is -0.389 e. The Bertz CT molecular complexity index is 624. The van der Waals surface area contributed by atoms with Gasteiger partial charge >= 0.3 is 0 Å². The van der Waals surface area contributed by atoms with Crippen LogP contribution in [-0.4, -0.2) is 24.9 Å². The van der Waals surface area contributed by atoms with Crippen LogP contribution in [0.1, 0.15) is 19.4 Å². The van der Waals surface area contributed by atoms with Gasteiger partial charge in [-0.2, -0.15) is 4.72 Å². The van der Waals surface area contributed by atoms with Crippen molar-refractivity contribution in [2.24, 2.45) is 11.5 Å². The molecular formula is C11H15N3O3S2. The maximum atomic E-state index is 12.2. The minimum atomic E-state index is -3.96. The van der Waals surface area contributed by atoms with Crippen molar-refractivity contribution in [2.75, 3.05) is 0 Å². The summed E-state index contributed by atoms with van der Waals surface area (Å²) in [5.41, 5.74) is 9.42. The maximum absolute atomic E-state index is 12.2. The van der Waals surface area contributed by atoms with Crippen LogP contribution >= 0.6 is 12.2 Å². The predicted octanol–water partition coefficient (Wildman–Crippen LogP) is -0.137. The summed E-state index contributed by atoms with van der Waals surface area (Å²) in [6, 6.07) is 6.00. The monoisotopic (exact) mass is 301 g/mol. The highest BCUT2D eigenvalue weighted by atomic mass is 32.2. The molecule has 0 spiro atoms. The van der Waals surface area contributed by atoms with E-state index in [1.54, 1.807) is 6.07 Å². The van der Waals surface area contributed by atoms with Crippen molar-refractivity contribution in [3.05, 3.63) is 29.8 Å². The number of amides is 1. The Morgan fingerprint density at radius 2 is 1.79 bits per heavy atom. The lowest BCUT2D eigenvalue weighted by Gasteiger charge is -2.22. The number of carbonyl (C=O) groups is 1. The van der Waals surface area contributed by atoms with Gasteiger partial charge < -0.3 is 11.5 Å². The van der Waals surface area contributed by atoms with E-state index in [1.165, 1.54) is 32.0 Å². The Kier molecular flexibility index (Phi) is 4.28. The van der Waals surface area contributed by atoms with E-state index >= 15 is 0 Å². The van der Waals surface area contributed by atoms with Gasteiger partial charge in [0.05, 0.1) is 4.90 Å². The van der Waals surface area contributed by atoms with E-state index in [-0.39, 0.29) is 15.4 Å². The molecule has 1 amide bonds. The highest BCUT2D eigenvalue weighted by Crippen LogP contribution is 2.17. The average molecular weight is 301 g/mol. The van der Waals surface area contributed by atoms with Crippen LogP contribution in [0.5, 0.6) is 0 Å². The van der Waals surface area contributed by atoms with Gasteiger partial charge in [0.15, 0.2) is 0 Å². The average Bonchev–Trinajstić information content (AvgIpc) is 2.27. The molecule has 0 atom stereocenters. The van der Waals surface area contributed by atoms with E-state index in [0.717, 1.165) is 0 Å². The van der Waals surface area contributed by atoms with Crippen molar-refractivity contribution in [3.63, 3.8) is 0 Å². The van der Waals surface area contributed by atoms with Crippen molar-refractivity contribution in [1.82, 2.24) is 4.72 Å². The summed E-state index contributed by atoms with van der Waals surface area (Å²) in [6.45, 7) is 2.74. The van der Waals surface area contributed by atoms with Gasteiger partial charge in [-0.25, -0.2) is 8.42 Å². The van der Waals surface area contributed by atoms with Gasteiger partial charge in [-0.15, -0.1) is 0 Å². The number of nitrogens with one attached hydrogen (secondary N) is 1. The fourth-order valence-electron chi connectivity index (χ4n) is 1.35. The third kappa shape index (κ3) is 3.49. The second-order valence-corrected chi connectivity index (χ2v) is 6.55. The number of benzene rings is 1. The summed E-state index contributed by atoms with van der Waals surface area (Å²) in [4.78, 5) is 11.1. The van der Waals surface area contributed by atoms with Gasteiger partial charge in [-0.3, -0.25) is 4.79 Å². The first-order valence-corrected chi connectivity index (χ1v) is 7.20. The lowest BCUT2D eigenvalue weighted by Crippen LogP contribution is -2.53. The molecule has 0 aliphatic heterocycles.